The monoisotopic (exact) mass is 213 g/mol. The molecular weight excluding hydrogens is 205 g/mol. The number of nitrogens with zero attached hydrogens (tertiary/aromatic N) is 3. The van der Waals surface area contributed by atoms with Crippen LogP contribution in [0.5, 0.6) is 0 Å². The summed E-state index contributed by atoms with van der Waals surface area (Å²) >= 11 is 5.91. The Morgan fingerprint density at radius 1 is 1.54 bits per heavy atom. The fourth-order valence-corrected chi connectivity index (χ4v) is 2.26. The van der Waals surface area contributed by atoms with E-state index in [1.165, 1.54) is 6.33 Å². The zero-order valence-corrected chi connectivity index (χ0v) is 8.91. The lowest BCUT2D eigenvalue weighted by atomic mass is 10.4. The first-order valence-corrected chi connectivity index (χ1v) is 5.57. The molecule has 2 aromatic heterocycles. The molecule has 1 unspecified atom stereocenters. The third-order valence-corrected chi connectivity index (χ3v) is 3.08. The van der Waals surface area contributed by atoms with E-state index in [0.29, 0.717) is 5.15 Å². The highest BCUT2D eigenvalue weighted by Gasteiger charge is 2.04. The van der Waals surface area contributed by atoms with Crippen LogP contribution in [-0.2, 0) is 0 Å². The molecule has 3 nitrogen and oxygen atoms in total. The Hall–Kier alpha value is -0.660. The van der Waals surface area contributed by atoms with Crippen LogP contribution in [0, 0.1) is 0 Å². The van der Waals surface area contributed by atoms with Crippen molar-refractivity contribution in [3.8, 4) is 0 Å². The third-order valence-electron chi connectivity index (χ3n) is 1.76. The van der Waals surface area contributed by atoms with Gasteiger partial charge in [0.15, 0.2) is 0 Å². The van der Waals surface area contributed by atoms with Crippen LogP contribution >= 0.6 is 20.3 Å². The molecule has 5 heteroatoms. The smallest absolute Gasteiger partial charge is 0.147 e. The summed E-state index contributed by atoms with van der Waals surface area (Å²) in [6.07, 6.45) is 4.62. The molecule has 1 atom stereocenters. The second kappa shape index (κ2) is 3.60. The van der Waals surface area contributed by atoms with Gasteiger partial charge in [-0.1, -0.05) is 18.5 Å². The van der Waals surface area contributed by atoms with E-state index < -0.39 is 0 Å². The molecule has 0 saturated heterocycles. The Kier molecular flexibility index (Phi) is 2.47. The summed E-state index contributed by atoms with van der Waals surface area (Å²) in [7, 11) is 0.729. The molecule has 13 heavy (non-hydrogen) atoms. The highest BCUT2D eigenvalue weighted by molar-refractivity contribution is 7.36. The largest absolute Gasteiger partial charge is 0.314 e. The van der Waals surface area contributed by atoms with E-state index in [1.807, 2.05) is 12.3 Å². The number of hydrogen-bond donors (Lipinski definition) is 0. The van der Waals surface area contributed by atoms with Crippen molar-refractivity contribution in [2.45, 2.75) is 6.92 Å². The summed E-state index contributed by atoms with van der Waals surface area (Å²) in [4.78, 5) is 8.12. The van der Waals surface area contributed by atoms with Crippen molar-refractivity contribution < 1.29 is 0 Å². The average Bonchev–Trinajstić information content (AvgIpc) is 2.51. The number of fused-ring (bicyclic) bond motifs is 1. The van der Waals surface area contributed by atoms with Crippen molar-refractivity contribution in [2.75, 3.05) is 6.16 Å². The maximum absolute atomic E-state index is 5.91. The number of hydrogen-bond acceptors (Lipinski definition) is 2. The first-order valence-electron chi connectivity index (χ1n) is 4.04. The molecule has 0 N–H and O–H groups in total. The first kappa shape index (κ1) is 8.92. The zero-order chi connectivity index (χ0) is 9.26. The second-order valence-electron chi connectivity index (χ2n) is 2.60. The summed E-state index contributed by atoms with van der Waals surface area (Å²) in [5, 5.41) is 1.47. The summed E-state index contributed by atoms with van der Waals surface area (Å²) in [5.41, 5.74) is 0.931. The van der Waals surface area contributed by atoms with Crippen LogP contribution < -0.4 is 0 Å². The van der Waals surface area contributed by atoms with Gasteiger partial charge in [-0.3, -0.25) is 0 Å². The molecule has 0 aliphatic rings. The van der Waals surface area contributed by atoms with E-state index in [2.05, 4.69) is 21.2 Å². The Morgan fingerprint density at radius 3 is 3.15 bits per heavy atom. The predicted molar refractivity (Wildman–Crippen MR) is 56.8 cm³/mol. The van der Waals surface area contributed by atoms with E-state index >= 15 is 0 Å². The standard InChI is InChI=1S/C8H9ClN3P/c1-2-13-12-4-3-6-7(9)10-5-11-8(6)12/h3-5,13H,2H2,1H3. The van der Waals surface area contributed by atoms with Gasteiger partial charge in [-0.15, -0.1) is 0 Å². The zero-order valence-electron chi connectivity index (χ0n) is 7.16. The van der Waals surface area contributed by atoms with Crippen molar-refractivity contribution in [1.29, 1.82) is 0 Å². The van der Waals surface area contributed by atoms with Gasteiger partial charge in [0.2, 0.25) is 0 Å². The Morgan fingerprint density at radius 2 is 2.38 bits per heavy atom. The lowest BCUT2D eigenvalue weighted by Gasteiger charge is -2.00. The summed E-state index contributed by atoms with van der Waals surface area (Å²) in [6.45, 7) is 2.15. The lowest BCUT2D eigenvalue weighted by Crippen LogP contribution is -1.86. The SMILES string of the molecule is CCPn1ccc2c(Cl)ncnc21. The molecule has 2 rings (SSSR count). The Bertz CT molecular complexity index is 426. The Labute approximate surface area is 83.0 Å². The minimum Gasteiger partial charge on any atom is -0.314 e. The molecule has 0 aliphatic heterocycles. The van der Waals surface area contributed by atoms with Gasteiger partial charge in [-0.2, -0.15) is 0 Å². The third kappa shape index (κ3) is 1.54. The molecule has 68 valence electrons. The normalized spacial score (nSPS) is 11.8. The molecular formula is C8H9ClN3P. The van der Waals surface area contributed by atoms with Gasteiger partial charge in [0.05, 0.1) is 5.39 Å². The first-order chi connectivity index (χ1) is 6.33. The maximum atomic E-state index is 5.91. The van der Waals surface area contributed by atoms with Crippen LogP contribution in [0.3, 0.4) is 0 Å². The van der Waals surface area contributed by atoms with E-state index in [-0.39, 0.29) is 0 Å². The van der Waals surface area contributed by atoms with Crippen molar-refractivity contribution in [3.63, 3.8) is 0 Å². The van der Waals surface area contributed by atoms with Crippen LogP contribution in [0.15, 0.2) is 18.6 Å². The molecule has 0 aliphatic carbocycles. The molecule has 0 aromatic carbocycles. The van der Waals surface area contributed by atoms with Crippen molar-refractivity contribution >= 4 is 31.4 Å². The van der Waals surface area contributed by atoms with Gasteiger partial charge in [0.1, 0.15) is 17.1 Å². The molecule has 0 bridgehead atoms. The molecule has 0 amide bonds. The molecule has 0 fully saturated rings. The van der Waals surface area contributed by atoms with Crippen molar-refractivity contribution in [2.24, 2.45) is 0 Å². The summed E-state index contributed by atoms with van der Waals surface area (Å²) in [6, 6.07) is 1.96. The van der Waals surface area contributed by atoms with E-state index in [4.69, 9.17) is 11.6 Å². The number of rotatable bonds is 2. The van der Waals surface area contributed by atoms with Crippen LogP contribution in [0.25, 0.3) is 11.0 Å². The van der Waals surface area contributed by atoms with Crippen LogP contribution in [0.4, 0.5) is 0 Å². The minimum absolute atomic E-state index is 0.532. The van der Waals surface area contributed by atoms with E-state index in [9.17, 15) is 0 Å². The molecule has 0 radical (unpaired) electrons. The highest BCUT2D eigenvalue weighted by Crippen LogP contribution is 2.25. The van der Waals surface area contributed by atoms with Gasteiger partial charge in [0, 0.05) is 6.20 Å². The summed E-state index contributed by atoms with van der Waals surface area (Å²) in [5.74, 6) is 0. The topological polar surface area (TPSA) is 30.7 Å². The fraction of sp³-hybridized carbons (Fsp3) is 0.250. The van der Waals surface area contributed by atoms with Crippen LogP contribution in [-0.4, -0.2) is 20.5 Å². The molecule has 2 aromatic rings. The molecule has 2 heterocycles. The number of halogens is 1. The maximum Gasteiger partial charge on any atom is 0.147 e. The fourth-order valence-electron chi connectivity index (χ4n) is 1.22. The average molecular weight is 214 g/mol. The van der Waals surface area contributed by atoms with Crippen molar-refractivity contribution in [3.05, 3.63) is 23.7 Å². The van der Waals surface area contributed by atoms with Gasteiger partial charge in [-0.25, -0.2) is 9.97 Å². The number of aromatic nitrogens is 3. The van der Waals surface area contributed by atoms with E-state index in [1.54, 1.807) is 0 Å². The van der Waals surface area contributed by atoms with Gasteiger partial charge in [-0.05, 0) is 21.0 Å². The molecule has 0 spiro atoms. The minimum atomic E-state index is 0.532. The second-order valence-corrected chi connectivity index (χ2v) is 4.46. The van der Waals surface area contributed by atoms with Gasteiger partial charge < -0.3 is 4.34 Å². The molecule has 0 saturated carbocycles. The predicted octanol–water partition coefficient (Wildman–Crippen LogP) is 2.55. The van der Waals surface area contributed by atoms with Gasteiger partial charge >= 0.3 is 0 Å². The summed E-state index contributed by atoms with van der Waals surface area (Å²) < 4.78 is 2.11. The highest BCUT2D eigenvalue weighted by atomic mass is 35.5. The van der Waals surface area contributed by atoms with Crippen LogP contribution in [0.2, 0.25) is 5.15 Å². The van der Waals surface area contributed by atoms with E-state index in [0.717, 1.165) is 25.9 Å². The lowest BCUT2D eigenvalue weighted by molar-refractivity contribution is 1.17. The van der Waals surface area contributed by atoms with Crippen molar-refractivity contribution in [1.82, 2.24) is 14.3 Å². The van der Waals surface area contributed by atoms with Gasteiger partial charge in [0.25, 0.3) is 0 Å². The van der Waals surface area contributed by atoms with Crippen LogP contribution in [0.1, 0.15) is 6.92 Å². The Balaban J connectivity index is 2.61. The quantitative estimate of drug-likeness (QED) is 0.567.